The highest BCUT2D eigenvalue weighted by Crippen LogP contribution is 2.27. The lowest BCUT2D eigenvalue weighted by atomic mass is 9.97. The topological polar surface area (TPSA) is 30.2 Å². The van der Waals surface area contributed by atoms with Gasteiger partial charge < -0.3 is 4.42 Å². The number of halogens is 1. The second-order valence-electron chi connectivity index (χ2n) is 4.36. The Kier molecular flexibility index (Phi) is 3.17. The number of ketones is 1. The van der Waals surface area contributed by atoms with Crippen LogP contribution in [0, 0.1) is 5.82 Å². The normalized spacial score (nSPS) is 10.4. The molecule has 3 heteroatoms. The molecule has 0 N–H and O–H groups in total. The molecule has 98 valence electrons. The van der Waals surface area contributed by atoms with Crippen molar-refractivity contribution in [2.75, 3.05) is 0 Å². The summed E-state index contributed by atoms with van der Waals surface area (Å²) in [7, 11) is 0. The van der Waals surface area contributed by atoms with Crippen LogP contribution in [0.4, 0.5) is 4.39 Å². The molecule has 3 rings (SSSR count). The fourth-order valence-corrected chi connectivity index (χ4v) is 2.10. The van der Waals surface area contributed by atoms with E-state index in [1.165, 1.54) is 18.4 Å². The van der Waals surface area contributed by atoms with Crippen LogP contribution in [0.25, 0.3) is 11.3 Å². The molecule has 0 bridgehead atoms. The maximum atomic E-state index is 13.5. The van der Waals surface area contributed by atoms with Crippen LogP contribution in [0.3, 0.4) is 0 Å². The van der Waals surface area contributed by atoms with Crippen LogP contribution in [-0.4, -0.2) is 5.78 Å². The number of hydrogen-bond donors (Lipinski definition) is 0. The molecule has 2 nitrogen and oxygen atoms in total. The van der Waals surface area contributed by atoms with Gasteiger partial charge in [-0.25, -0.2) is 4.39 Å². The molecule has 0 aliphatic heterocycles. The number of benzene rings is 2. The van der Waals surface area contributed by atoms with Crippen molar-refractivity contribution >= 4 is 5.78 Å². The molecule has 3 aromatic rings. The third-order valence-electron chi connectivity index (χ3n) is 3.05. The van der Waals surface area contributed by atoms with Gasteiger partial charge in [0.2, 0.25) is 0 Å². The highest BCUT2D eigenvalue weighted by atomic mass is 19.1. The second-order valence-corrected chi connectivity index (χ2v) is 4.36. The van der Waals surface area contributed by atoms with Crippen LogP contribution < -0.4 is 0 Å². The van der Waals surface area contributed by atoms with E-state index >= 15 is 0 Å². The summed E-state index contributed by atoms with van der Waals surface area (Å²) in [5, 5.41) is 0. The Morgan fingerprint density at radius 3 is 2.45 bits per heavy atom. The summed E-state index contributed by atoms with van der Waals surface area (Å²) in [5.41, 5.74) is 1.40. The lowest BCUT2D eigenvalue weighted by molar-refractivity contribution is 0.103. The molecule has 2 aromatic carbocycles. The van der Waals surface area contributed by atoms with E-state index in [1.54, 1.807) is 42.5 Å². The van der Waals surface area contributed by atoms with Gasteiger partial charge in [-0.05, 0) is 30.3 Å². The van der Waals surface area contributed by atoms with Crippen molar-refractivity contribution in [2.24, 2.45) is 0 Å². The molecule has 1 aromatic heterocycles. The van der Waals surface area contributed by atoms with E-state index in [9.17, 15) is 9.18 Å². The first kappa shape index (κ1) is 12.4. The Bertz CT molecular complexity index is 731. The Morgan fingerprint density at radius 2 is 1.75 bits per heavy atom. The summed E-state index contributed by atoms with van der Waals surface area (Å²) in [6.07, 6.45) is 1.52. The monoisotopic (exact) mass is 266 g/mol. The number of hydrogen-bond acceptors (Lipinski definition) is 2. The smallest absolute Gasteiger partial charge is 0.193 e. The van der Waals surface area contributed by atoms with Gasteiger partial charge in [-0.15, -0.1) is 0 Å². The number of rotatable bonds is 3. The molecule has 0 radical (unpaired) electrons. The summed E-state index contributed by atoms with van der Waals surface area (Å²) in [6, 6.07) is 16.4. The maximum absolute atomic E-state index is 13.5. The molecule has 1 heterocycles. The minimum absolute atomic E-state index is 0.225. The van der Waals surface area contributed by atoms with Gasteiger partial charge in [0.05, 0.1) is 6.26 Å². The van der Waals surface area contributed by atoms with E-state index in [1.807, 2.05) is 6.07 Å². The van der Waals surface area contributed by atoms with Crippen molar-refractivity contribution in [1.29, 1.82) is 0 Å². The summed E-state index contributed by atoms with van der Waals surface area (Å²) >= 11 is 0. The Labute approximate surface area is 115 Å². The molecule has 0 unspecified atom stereocenters. The molecule has 0 aliphatic carbocycles. The van der Waals surface area contributed by atoms with Crippen molar-refractivity contribution in [3.05, 3.63) is 83.9 Å². The Balaban J connectivity index is 2.13. The molecule has 20 heavy (non-hydrogen) atoms. The van der Waals surface area contributed by atoms with E-state index in [-0.39, 0.29) is 5.78 Å². The van der Waals surface area contributed by atoms with Crippen molar-refractivity contribution in [2.45, 2.75) is 0 Å². The van der Waals surface area contributed by atoms with Crippen LogP contribution >= 0.6 is 0 Å². The summed E-state index contributed by atoms with van der Waals surface area (Å²) in [5.74, 6) is -0.125. The lowest BCUT2D eigenvalue weighted by Crippen LogP contribution is -2.03. The SMILES string of the molecule is O=C(c1ccccc1)c1cc(F)ccc1-c1ccco1. The van der Waals surface area contributed by atoms with Gasteiger partial charge in [0.15, 0.2) is 5.78 Å². The summed E-state index contributed by atoms with van der Waals surface area (Å²) in [6.45, 7) is 0. The van der Waals surface area contributed by atoms with E-state index in [0.717, 1.165) is 0 Å². The zero-order valence-electron chi connectivity index (χ0n) is 10.5. The third-order valence-corrected chi connectivity index (χ3v) is 3.05. The van der Waals surface area contributed by atoms with E-state index in [2.05, 4.69) is 0 Å². The molecule has 0 atom stereocenters. The summed E-state index contributed by atoms with van der Waals surface area (Å²) in [4.78, 5) is 12.5. The lowest BCUT2D eigenvalue weighted by Gasteiger charge is -2.07. The van der Waals surface area contributed by atoms with Crippen molar-refractivity contribution in [1.82, 2.24) is 0 Å². The first-order valence-corrected chi connectivity index (χ1v) is 6.19. The Hall–Kier alpha value is -2.68. The van der Waals surface area contributed by atoms with Gasteiger partial charge >= 0.3 is 0 Å². The van der Waals surface area contributed by atoms with E-state index in [0.29, 0.717) is 22.5 Å². The fourth-order valence-electron chi connectivity index (χ4n) is 2.10. The highest BCUT2D eigenvalue weighted by molar-refractivity contribution is 6.12. The van der Waals surface area contributed by atoms with Gasteiger partial charge in [-0.2, -0.15) is 0 Å². The fraction of sp³-hybridized carbons (Fsp3) is 0. The molecule has 0 spiro atoms. The predicted octanol–water partition coefficient (Wildman–Crippen LogP) is 4.32. The second kappa shape index (κ2) is 5.13. The number of carbonyl (C=O) groups excluding carboxylic acids is 1. The largest absolute Gasteiger partial charge is 0.464 e. The molecule has 0 amide bonds. The molecular weight excluding hydrogens is 255 g/mol. The van der Waals surface area contributed by atoms with Crippen LogP contribution in [0.5, 0.6) is 0 Å². The standard InChI is InChI=1S/C17H11FO2/c18-13-8-9-14(16-7-4-10-20-16)15(11-13)17(19)12-5-2-1-3-6-12/h1-11H. The average molecular weight is 266 g/mol. The maximum Gasteiger partial charge on any atom is 0.193 e. The molecule has 0 saturated heterocycles. The van der Waals surface area contributed by atoms with Gasteiger partial charge in [-0.1, -0.05) is 30.3 Å². The zero-order valence-corrected chi connectivity index (χ0v) is 10.5. The van der Waals surface area contributed by atoms with Crippen LogP contribution in [0.15, 0.2) is 71.3 Å². The van der Waals surface area contributed by atoms with Crippen LogP contribution in [0.2, 0.25) is 0 Å². The van der Waals surface area contributed by atoms with Crippen LogP contribution in [0.1, 0.15) is 15.9 Å². The van der Waals surface area contributed by atoms with E-state index in [4.69, 9.17) is 4.42 Å². The minimum Gasteiger partial charge on any atom is -0.464 e. The zero-order chi connectivity index (χ0) is 13.9. The van der Waals surface area contributed by atoms with Gasteiger partial charge in [0.25, 0.3) is 0 Å². The Morgan fingerprint density at radius 1 is 0.950 bits per heavy atom. The average Bonchev–Trinajstić information content (AvgIpc) is 3.01. The first-order chi connectivity index (χ1) is 9.75. The number of carbonyl (C=O) groups is 1. The van der Waals surface area contributed by atoms with Crippen LogP contribution in [-0.2, 0) is 0 Å². The molecule has 0 saturated carbocycles. The highest BCUT2D eigenvalue weighted by Gasteiger charge is 2.17. The summed E-state index contributed by atoms with van der Waals surface area (Å²) < 4.78 is 18.8. The van der Waals surface area contributed by atoms with Crippen molar-refractivity contribution < 1.29 is 13.6 Å². The van der Waals surface area contributed by atoms with Crippen molar-refractivity contribution in [3.63, 3.8) is 0 Å². The van der Waals surface area contributed by atoms with Gasteiger partial charge in [-0.3, -0.25) is 4.79 Å². The first-order valence-electron chi connectivity index (χ1n) is 6.19. The quantitative estimate of drug-likeness (QED) is 0.661. The predicted molar refractivity (Wildman–Crippen MR) is 74.0 cm³/mol. The minimum atomic E-state index is -0.445. The molecule has 0 fully saturated rings. The van der Waals surface area contributed by atoms with Crippen molar-refractivity contribution in [3.8, 4) is 11.3 Å². The number of furan rings is 1. The van der Waals surface area contributed by atoms with E-state index < -0.39 is 5.82 Å². The van der Waals surface area contributed by atoms with Gasteiger partial charge in [0, 0.05) is 16.7 Å². The molecule has 0 aliphatic rings. The van der Waals surface area contributed by atoms with Gasteiger partial charge in [0.1, 0.15) is 11.6 Å². The third kappa shape index (κ3) is 2.26. The molecular formula is C17H11FO2.